The molecular weight excluding hydrogens is 440 g/mol. The fourth-order valence-electron chi connectivity index (χ4n) is 1.46. The average molecular weight is 472 g/mol. The third-order valence-corrected chi connectivity index (χ3v) is 2.93. The summed E-state index contributed by atoms with van der Waals surface area (Å²) in [6.07, 6.45) is 4.33. The van der Waals surface area contributed by atoms with Gasteiger partial charge in [-0.15, -0.1) is 0 Å². The van der Waals surface area contributed by atoms with Gasteiger partial charge in [0.15, 0.2) is 0 Å². The summed E-state index contributed by atoms with van der Waals surface area (Å²) in [5.74, 6) is -1.92. The van der Waals surface area contributed by atoms with Crippen molar-refractivity contribution in [1.82, 2.24) is 0 Å². The zero-order chi connectivity index (χ0) is 25.2. The largest absolute Gasteiger partial charge is 0.460 e. The zero-order valence-electron chi connectivity index (χ0n) is 18.7. The van der Waals surface area contributed by atoms with Crippen LogP contribution in [0, 0.1) is 0 Å². The molecule has 0 aromatic rings. The number of hydrogen-bond donors (Lipinski definition) is 0. The van der Waals surface area contributed by atoms with Gasteiger partial charge in [-0.05, 0) is 0 Å². The molecule has 11 heteroatoms. The molecule has 0 radical (unpaired) electrons. The Labute approximate surface area is 193 Å². The first-order valence-electron chi connectivity index (χ1n) is 9.81. The zero-order valence-corrected chi connectivity index (χ0v) is 18.7. The fourth-order valence-corrected chi connectivity index (χ4v) is 1.46. The summed E-state index contributed by atoms with van der Waals surface area (Å²) in [7, 11) is 0. The molecule has 33 heavy (non-hydrogen) atoms. The molecule has 0 aliphatic heterocycles. The third kappa shape index (κ3) is 26.7. The number of esters is 4. The maximum absolute atomic E-state index is 10.6. The monoisotopic (exact) mass is 472 g/mol. The van der Waals surface area contributed by atoms with Gasteiger partial charge in [-0.2, -0.15) is 0 Å². The first kappa shape index (κ1) is 31.9. The summed E-state index contributed by atoms with van der Waals surface area (Å²) in [6.45, 7) is 15.5. The van der Waals surface area contributed by atoms with Crippen LogP contribution >= 0.6 is 0 Å². The maximum Gasteiger partial charge on any atom is 0.330 e. The predicted octanol–water partition coefficient (Wildman–Crippen LogP) is 0.939. The number of carbonyl (C=O) groups is 4. The Morgan fingerprint density at radius 1 is 0.394 bits per heavy atom. The van der Waals surface area contributed by atoms with Crippen LogP contribution in [-0.2, 0) is 52.3 Å². The Balaban J connectivity index is 0. The van der Waals surface area contributed by atoms with Gasteiger partial charge in [-0.1, -0.05) is 26.3 Å². The van der Waals surface area contributed by atoms with E-state index >= 15 is 0 Å². The van der Waals surface area contributed by atoms with Crippen LogP contribution in [0.25, 0.3) is 0 Å². The van der Waals surface area contributed by atoms with Crippen LogP contribution in [0.15, 0.2) is 50.6 Å². The molecule has 11 nitrogen and oxygen atoms in total. The lowest BCUT2D eigenvalue weighted by molar-refractivity contribution is -0.141. The molecule has 0 aliphatic carbocycles. The van der Waals surface area contributed by atoms with Crippen LogP contribution in [0.3, 0.4) is 0 Å². The average Bonchev–Trinajstić information content (AvgIpc) is 2.83. The second-order valence-electron chi connectivity index (χ2n) is 5.32. The van der Waals surface area contributed by atoms with Crippen LogP contribution in [0.4, 0.5) is 0 Å². The Morgan fingerprint density at radius 3 is 0.758 bits per heavy atom. The number of hydrogen-bond acceptors (Lipinski definition) is 11. The first-order chi connectivity index (χ1) is 15.9. The molecule has 0 atom stereocenters. The summed E-state index contributed by atoms with van der Waals surface area (Å²) in [4.78, 5) is 42.4. The van der Waals surface area contributed by atoms with E-state index in [4.69, 9.17) is 14.2 Å². The van der Waals surface area contributed by atoms with Crippen LogP contribution in [0.1, 0.15) is 0 Å². The molecule has 0 amide bonds. The summed E-state index contributed by atoms with van der Waals surface area (Å²) in [5.41, 5.74) is 0. The molecular formula is C22H32O11. The van der Waals surface area contributed by atoms with E-state index in [9.17, 15) is 19.2 Å². The second-order valence-corrected chi connectivity index (χ2v) is 5.32. The maximum atomic E-state index is 10.6. The Hall–Kier alpha value is -3.28. The molecule has 0 rings (SSSR count). The number of rotatable bonds is 19. The van der Waals surface area contributed by atoms with Gasteiger partial charge in [-0.25, -0.2) is 19.2 Å². The van der Waals surface area contributed by atoms with Crippen molar-refractivity contribution in [3.8, 4) is 0 Å². The van der Waals surface area contributed by atoms with E-state index in [1.807, 2.05) is 0 Å². The van der Waals surface area contributed by atoms with Crippen LogP contribution in [0.5, 0.6) is 0 Å². The SMILES string of the molecule is C=CC(=O)OCCOCCOC(=O)C=C.C=CC(=O)OCCOCCOCCOC(=O)C=C. The fraction of sp³-hybridized carbons (Fsp3) is 0.455. The van der Waals surface area contributed by atoms with E-state index in [0.29, 0.717) is 26.4 Å². The lowest BCUT2D eigenvalue weighted by Gasteiger charge is -2.06. The number of ether oxygens (including phenoxy) is 7. The molecule has 0 fully saturated rings. The van der Waals surface area contributed by atoms with E-state index in [0.717, 1.165) is 24.3 Å². The molecule has 0 heterocycles. The highest BCUT2D eigenvalue weighted by Gasteiger charge is 1.98. The van der Waals surface area contributed by atoms with Crippen LogP contribution in [-0.4, -0.2) is 89.9 Å². The van der Waals surface area contributed by atoms with E-state index in [2.05, 4.69) is 45.3 Å². The second kappa shape index (κ2) is 25.0. The summed E-state index contributed by atoms with van der Waals surface area (Å²) in [6, 6.07) is 0. The van der Waals surface area contributed by atoms with Crippen molar-refractivity contribution in [2.45, 2.75) is 0 Å². The normalized spacial score (nSPS) is 9.33. The number of carbonyl (C=O) groups excluding carboxylic acids is 4. The Bertz CT molecular complexity index is 561. The van der Waals surface area contributed by atoms with Crippen LogP contribution in [0.2, 0.25) is 0 Å². The van der Waals surface area contributed by atoms with Gasteiger partial charge in [0.1, 0.15) is 26.4 Å². The van der Waals surface area contributed by atoms with Crippen molar-refractivity contribution >= 4 is 23.9 Å². The molecule has 0 saturated heterocycles. The van der Waals surface area contributed by atoms with Gasteiger partial charge in [0.2, 0.25) is 0 Å². The molecule has 0 unspecified atom stereocenters. The molecule has 0 N–H and O–H groups in total. The van der Waals surface area contributed by atoms with Gasteiger partial charge < -0.3 is 33.2 Å². The standard InChI is InChI=1S/C12H18O6.C10H14O5/c1-3-11(13)17-9-7-15-5-6-16-8-10-18-12(14)4-2;1-3-9(11)14-7-5-13-6-8-15-10(12)4-2/h3-4H,1-2,5-10H2;3-4H,1-2,5-8H2. The van der Waals surface area contributed by atoms with Crippen molar-refractivity contribution in [1.29, 1.82) is 0 Å². The molecule has 0 bridgehead atoms. The van der Waals surface area contributed by atoms with Gasteiger partial charge in [-0.3, -0.25) is 0 Å². The van der Waals surface area contributed by atoms with Gasteiger partial charge in [0, 0.05) is 24.3 Å². The van der Waals surface area contributed by atoms with Crippen molar-refractivity contribution in [3.05, 3.63) is 50.6 Å². The molecule has 0 aromatic carbocycles. The van der Waals surface area contributed by atoms with E-state index < -0.39 is 23.9 Å². The smallest absolute Gasteiger partial charge is 0.330 e. The van der Waals surface area contributed by atoms with Crippen molar-refractivity contribution < 1.29 is 52.3 Å². The lowest BCUT2D eigenvalue weighted by atomic mass is 10.6. The van der Waals surface area contributed by atoms with Crippen molar-refractivity contribution in [2.75, 3.05) is 66.1 Å². The molecule has 0 aromatic heterocycles. The van der Waals surface area contributed by atoms with Gasteiger partial charge >= 0.3 is 23.9 Å². The Kier molecular flexibility index (Phi) is 24.2. The highest BCUT2D eigenvalue weighted by atomic mass is 16.6. The minimum absolute atomic E-state index is 0.153. The molecule has 0 saturated carbocycles. The van der Waals surface area contributed by atoms with Gasteiger partial charge in [0.05, 0.1) is 39.6 Å². The summed E-state index contributed by atoms with van der Waals surface area (Å²) >= 11 is 0. The molecule has 0 spiro atoms. The van der Waals surface area contributed by atoms with E-state index in [1.165, 1.54) is 0 Å². The first-order valence-corrected chi connectivity index (χ1v) is 9.81. The lowest BCUT2D eigenvalue weighted by Crippen LogP contribution is -2.13. The topological polar surface area (TPSA) is 133 Å². The van der Waals surface area contributed by atoms with Gasteiger partial charge in [0.25, 0.3) is 0 Å². The quantitative estimate of drug-likeness (QED) is 0.115. The van der Waals surface area contributed by atoms with Crippen molar-refractivity contribution in [3.63, 3.8) is 0 Å². The van der Waals surface area contributed by atoms with E-state index in [-0.39, 0.29) is 39.6 Å². The highest BCUT2D eigenvalue weighted by molar-refractivity contribution is 5.82. The summed E-state index contributed by atoms with van der Waals surface area (Å²) in [5, 5.41) is 0. The Morgan fingerprint density at radius 2 is 0.576 bits per heavy atom. The van der Waals surface area contributed by atoms with Crippen molar-refractivity contribution in [2.24, 2.45) is 0 Å². The van der Waals surface area contributed by atoms with E-state index in [1.54, 1.807) is 0 Å². The minimum Gasteiger partial charge on any atom is -0.460 e. The highest BCUT2D eigenvalue weighted by Crippen LogP contribution is 1.85. The van der Waals surface area contributed by atoms with Crippen LogP contribution < -0.4 is 0 Å². The third-order valence-electron chi connectivity index (χ3n) is 2.93. The summed E-state index contributed by atoms with van der Waals surface area (Å²) < 4.78 is 33.9. The molecule has 0 aliphatic rings. The minimum atomic E-state index is -0.489. The molecule has 186 valence electrons. The predicted molar refractivity (Wildman–Crippen MR) is 117 cm³/mol.